The Morgan fingerprint density at radius 1 is 1.33 bits per heavy atom. The lowest BCUT2D eigenvalue weighted by atomic mass is 10.2. The molecule has 1 aromatic rings. The Balaban J connectivity index is 2.58. The van der Waals surface area contributed by atoms with Crippen molar-refractivity contribution in [3.05, 3.63) is 35.9 Å². The maximum Gasteiger partial charge on any atom is 0.243 e. The average molecular weight is 247 g/mol. The molecule has 0 aliphatic rings. The second-order valence-corrected chi connectivity index (χ2v) is 3.65. The van der Waals surface area contributed by atoms with Crippen LogP contribution in [0.4, 0.5) is 5.69 Å². The Bertz CT molecular complexity index is 455. The molecule has 1 aromatic carbocycles. The summed E-state index contributed by atoms with van der Waals surface area (Å²) in [5.74, 6) is -0.549. The van der Waals surface area contributed by atoms with Crippen molar-refractivity contribution in [2.45, 2.75) is 6.92 Å². The molecular formula is C13H15N2O3. The molecule has 1 rings (SSSR count). The fourth-order valence-corrected chi connectivity index (χ4v) is 1.31. The summed E-state index contributed by atoms with van der Waals surface area (Å²) in [5, 5.41) is 15.4. The highest BCUT2D eigenvalue weighted by Gasteiger charge is 2.02. The van der Waals surface area contributed by atoms with E-state index in [1.807, 2.05) is 6.07 Å². The summed E-state index contributed by atoms with van der Waals surface area (Å²) in [6.45, 7) is 1.01. The maximum atomic E-state index is 11.4. The third-order valence-corrected chi connectivity index (χ3v) is 2.07. The van der Waals surface area contributed by atoms with Crippen LogP contribution in [0.2, 0.25) is 0 Å². The zero-order chi connectivity index (χ0) is 13.4. The van der Waals surface area contributed by atoms with Gasteiger partial charge in [0.2, 0.25) is 11.8 Å². The number of hydrogen-bond acceptors (Lipinski definition) is 2. The predicted molar refractivity (Wildman–Crippen MR) is 68.3 cm³/mol. The fraction of sp³-hybridized carbons (Fsp3) is 0.231. The van der Waals surface area contributed by atoms with Crippen molar-refractivity contribution in [1.29, 1.82) is 0 Å². The molecule has 0 aliphatic carbocycles. The van der Waals surface area contributed by atoms with Crippen LogP contribution in [0.15, 0.2) is 30.3 Å². The van der Waals surface area contributed by atoms with Gasteiger partial charge in [0.15, 0.2) is 0 Å². The van der Waals surface area contributed by atoms with E-state index in [0.29, 0.717) is 5.69 Å². The minimum Gasteiger partial charge on any atom is -0.347 e. The largest absolute Gasteiger partial charge is 0.347 e. The molecule has 0 aromatic heterocycles. The summed E-state index contributed by atoms with van der Waals surface area (Å²) in [4.78, 5) is 22.1. The van der Waals surface area contributed by atoms with Crippen molar-refractivity contribution >= 4 is 23.6 Å². The molecular weight excluding hydrogens is 232 g/mol. The van der Waals surface area contributed by atoms with Crippen LogP contribution in [-0.2, 0) is 14.7 Å². The van der Waals surface area contributed by atoms with Gasteiger partial charge >= 0.3 is 0 Å². The third-order valence-electron chi connectivity index (χ3n) is 2.07. The summed E-state index contributed by atoms with van der Waals surface area (Å²) in [5.41, 5.74) is 1.46. The van der Waals surface area contributed by atoms with E-state index in [9.17, 15) is 14.7 Å². The second-order valence-electron chi connectivity index (χ2n) is 3.65. The molecule has 5 nitrogen and oxygen atoms in total. The quantitative estimate of drug-likeness (QED) is 0.820. The topological polar surface area (TPSA) is 78.1 Å². The van der Waals surface area contributed by atoms with Gasteiger partial charge in [0, 0.05) is 12.6 Å². The minimum absolute atomic E-state index is 0.0596. The van der Waals surface area contributed by atoms with Crippen LogP contribution in [0.3, 0.4) is 0 Å². The molecule has 95 valence electrons. The number of carbonyl (C=O) groups excluding carboxylic acids is 2. The van der Waals surface area contributed by atoms with Crippen LogP contribution in [0.25, 0.3) is 6.08 Å². The summed E-state index contributed by atoms with van der Waals surface area (Å²) in [6, 6.07) is 7.09. The number of amides is 2. The molecule has 18 heavy (non-hydrogen) atoms. The van der Waals surface area contributed by atoms with Crippen LogP contribution < -0.4 is 10.6 Å². The van der Waals surface area contributed by atoms with Crippen LogP contribution in [0.1, 0.15) is 12.5 Å². The Morgan fingerprint density at radius 3 is 2.78 bits per heavy atom. The van der Waals surface area contributed by atoms with E-state index < -0.39 is 0 Å². The molecule has 0 spiro atoms. The minimum atomic E-state index is -0.296. The molecule has 2 N–H and O–H groups in total. The van der Waals surface area contributed by atoms with E-state index in [1.54, 1.807) is 24.3 Å². The van der Waals surface area contributed by atoms with Crippen LogP contribution in [0.5, 0.6) is 0 Å². The van der Waals surface area contributed by atoms with E-state index in [-0.39, 0.29) is 25.0 Å². The number of carbonyl (C=O) groups is 2. The number of rotatable bonds is 5. The molecule has 0 heterocycles. The Hall–Kier alpha value is -2.14. The molecule has 0 unspecified atom stereocenters. The molecule has 2 amide bonds. The predicted octanol–water partition coefficient (Wildman–Crippen LogP) is 1.20. The molecule has 0 saturated carbocycles. The number of benzene rings is 1. The smallest absolute Gasteiger partial charge is 0.243 e. The van der Waals surface area contributed by atoms with Gasteiger partial charge in [-0.05, 0) is 17.7 Å². The lowest BCUT2D eigenvalue weighted by molar-refractivity contribution is -0.122. The van der Waals surface area contributed by atoms with E-state index in [4.69, 9.17) is 0 Å². The summed E-state index contributed by atoms with van der Waals surface area (Å²) in [6.07, 6.45) is 3.19. The summed E-state index contributed by atoms with van der Waals surface area (Å²) in [7, 11) is 0. The Kier molecular flexibility index (Phi) is 5.60. The van der Waals surface area contributed by atoms with E-state index in [0.717, 1.165) is 5.56 Å². The highest BCUT2D eigenvalue weighted by molar-refractivity contribution is 5.94. The first-order valence-corrected chi connectivity index (χ1v) is 5.51. The van der Waals surface area contributed by atoms with Gasteiger partial charge in [0.05, 0.1) is 6.54 Å². The number of hydrogen-bond donors (Lipinski definition) is 2. The van der Waals surface area contributed by atoms with Crippen molar-refractivity contribution in [3.8, 4) is 0 Å². The van der Waals surface area contributed by atoms with E-state index >= 15 is 0 Å². The van der Waals surface area contributed by atoms with Crippen molar-refractivity contribution in [2.24, 2.45) is 0 Å². The van der Waals surface area contributed by atoms with Crippen molar-refractivity contribution < 1.29 is 14.7 Å². The van der Waals surface area contributed by atoms with Gasteiger partial charge in [-0.2, -0.15) is 0 Å². The van der Waals surface area contributed by atoms with Gasteiger partial charge in [-0.3, -0.25) is 9.59 Å². The van der Waals surface area contributed by atoms with Gasteiger partial charge < -0.3 is 10.6 Å². The monoisotopic (exact) mass is 247 g/mol. The van der Waals surface area contributed by atoms with E-state index in [2.05, 4.69) is 10.6 Å². The van der Waals surface area contributed by atoms with Crippen LogP contribution >= 0.6 is 0 Å². The highest BCUT2D eigenvalue weighted by Crippen LogP contribution is 2.11. The maximum absolute atomic E-state index is 11.4. The first kappa shape index (κ1) is 13.9. The second kappa shape index (κ2) is 7.24. The highest BCUT2D eigenvalue weighted by atomic mass is 16.2. The Morgan fingerprint density at radius 2 is 2.11 bits per heavy atom. The van der Waals surface area contributed by atoms with Gasteiger partial charge in [-0.25, -0.2) is 5.11 Å². The third kappa shape index (κ3) is 5.27. The number of nitrogens with one attached hydrogen (secondary N) is 2. The van der Waals surface area contributed by atoms with Crippen molar-refractivity contribution in [2.75, 3.05) is 18.5 Å². The standard InChI is InChI=1S/C13H15N2O3/c1-10(17)14-9-13(18)15-12-6-2-4-11(8-12)5-3-7-16/h2-6,8H,7,9H2,1H3,(H,14,17)(H,15,18)/b5-3+. The zero-order valence-electron chi connectivity index (χ0n) is 10.1. The SMILES string of the molecule is CC(=O)NCC(=O)Nc1cccc(/C=C/C[O])c1. The van der Waals surface area contributed by atoms with Crippen molar-refractivity contribution in [3.63, 3.8) is 0 Å². The van der Waals surface area contributed by atoms with Gasteiger partial charge in [0.25, 0.3) is 0 Å². The first-order chi connectivity index (χ1) is 8.61. The fourth-order valence-electron chi connectivity index (χ4n) is 1.31. The summed E-state index contributed by atoms with van der Waals surface area (Å²) >= 11 is 0. The normalized spacial score (nSPS) is 10.3. The lowest BCUT2D eigenvalue weighted by Gasteiger charge is -2.06. The van der Waals surface area contributed by atoms with Crippen LogP contribution in [0, 0.1) is 0 Å². The van der Waals surface area contributed by atoms with E-state index in [1.165, 1.54) is 13.0 Å². The molecule has 1 radical (unpaired) electrons. The van der Waals surface area contributed by atoms with Gasteiger partial charge in [-0.1, -0.05) is 24.3 Å². The first-order valence-electron chi connectivity index (χ1n) is 5.51. The number of anilines is 1. The average Bonchev–Trinajstić information content (AvgIpc) is 2.34. The van der Waals surface area contributed by atoms with Gasteiger partial charge in [0.1, 0.15) is 6.61 Å². The zero-order valence-corrected chi connectivity index (χ0v) is 10.1. The summed E-state index contributed by atoms with van der Waals surface area (Å²) < 4.78 is 0. The van der Waals surface area contributed by atoms with Crippen LogP contribution in [-0.4, -0.2) is 25.0 Å². The molecule has 0 aliphatic heterocycles. The van der Waals surface area contributed by atoms with Crippen molar-refractivity contribution in [1.82, 2.24) is 5.32 Å². The molecule has 5 heteroatoms. The molecule has 0 bridgehead atoms. The lowest BCUT2D eigenvalue weighted by Crippen LogP contribution is -2.31. The molecule has 0 fully saturated rings. The van der Waals surface area contributed by atoms with Gasteiger partial charge in [-0.15, -0.1) is 0 Å². The Labute approximate surface area is 106 Å². The molecule has 0 saturated heterocycles. The molecule has 0 atom stereocenters.